The first-order valence-electron chi connectivity index (χ1n) is 5.68. The summed E-state index contributed by atoms with van der Waals surface area (Å²) in [7, 11) is 0. The maximum atomic E-state index is 13.1. The molecule has 4 heteroatoms. The molecular weight excluding hydrogens is 205 g/mol. The van der Waals surface area contributed by atoms with Crippen molar-refractivity contribution >= 4 is 11.5 Å². The van der Waals surface area contributed by atoms with E-state index in [-0.39, 0.29) is 5.82 Å². The zero-order valence-electron chi connectivity index (χ0n) is 8.99. The molecule has 0 aliphatic heterocycles. The fraction of sp³-hybridized carbons (Fsp3) is 0.417. The van der Waals surface area contributed by atoms with Gasteiger partial charge < -0.3 is 5.73 Å². The number of nitrogens with two attached hydrogens (primary N) is 1. The first-order chi connectivity index (χ1) is 7.75. The Hall–Kier alpha value is -1.58. The van der Waals surface area contributed by atoms with Crippen LogP contribution in [0.1, 0.15) is 37.3 Å². The third-order valence-electron chi connectivity index (χ3n) is 3.39. The molecule has 2 heterocycles. The van der Waals surface area contributed by atoms with Crippen LogP contribution in [0.5, 0.6) is 0 Å². The van der Waals surface area contributed by atoms with Crippen molar-refractivity contribution in [2.45, 2.75) is 31.6 Å². The molecule has 84 valence electrons. The molecule has 1 saturated carbocycles. The third kappa shape index (κ3) is 1.37. The zero-order chi connectivity index (χ0) is 11.1. The summed E-state index contributed by atoms with van der Waals surface area (Å²) in [5.74, 6) is 0.777. The van der Waals surface area contributed by atoms with E-state index in [1.165, 1.54) is 25.1 Å². The van der Waals surface area contributed by atoms with Gasteiger partial charge >= 0.3 is 0 Å². The number of anilines is 1. The Morgan fingerprint density at radius 3 is 2.81 bits per heavy atom. The lowest BCUT2D eigenvalue weighted by atomic mass is 10.0. The molecule has 2 aromatic rings. The molecule has 0 unspecified atom stereocenters. The lowest BCUT2D eigenvalue weighted by molar-refractivity contribution is 0.619. The maximum absolute atomic E-state index is 13.1. The van der Waals surface area contributed by atoms with Gasteiger partial charge in [-0.3, -0.25) is 4.40 Å². The molecule has 3 nitrogen and oxygen atoms in total. The number of imidazole rings is 1. The van der Waals surface area contributed by atoms with Gasteiger partial charge in [0.15, 0.2) is 0 Å². The lowest BCUT2D eigenvalue weighted by Gasteiger charge is -2.05. The highest BCUT2D eigenvalue weighted by Crippen LogP contribution is 2.36. The fourth-order valence-electron chi connectivity index (χ4n) is 2.55. The number of halogens is 1. The van der Waals surface area contributed by atoms with E-state index >= 15 is 0 Å². The van der Waals surface area contributed by atoms with Crippen LogP contribution in [0.3, 0.4) is 0 Å². The van der Waals surface area contributed by atoms with Crippen LogP contribution < -0.4 is 5.73 Å². The topological polar surface area (TPSA) is 43.3 Å². The second-order valence-electron chi connectivity index (χ2n) is 4.44. The zero-order valence-corrected chi connectivity index (χ0v) is 8.99. The van der Waals surface area contributed by atoms with E-state index in [4.69, 9.17) is 5.73 Å². The number of pyridine rings is 1. The Morgan fingerprint density at radius 2 is 2.06 bits per heavy atom. The van der Waals surface area contributed by atoms with Crippen LogP contribution >= 0.6 is 0 Å². The Morgan fingerprint density at radius 1 is 1.31 bits per heavy atom. The van der Waals surface area contributed by atoms with Crippen LogP contribution in [0.15, 0.2) is 18.3 Å². The second kappa shape index (κ2) is 3.47. The van der Waals surface area contributed by atoms with Gasteiger partial charge in [0.2, 0.25) is 0 Å². The summed E-state index contributed by atoms with van der Waals surface area (Å²) in [5.41, 5.74) is 7.71. The van der Waals surface area contributed by atoms with E-state index in [0.717, 1.165) is 24.2 Å². The van der Waals surface area contributed by atoms with Gasteiger partial charge in [-0.1, -0.05) is 12.8 Å². The van der Waals surface area contributed by atoms with Crippen molar-refractivity contribution in [3.8, 4) is 0 Å². The van der Waals surface area contributed by atoms with E-state index < -0.39 is 0 Å². The quantitative estimate of drug-likeness (QED) is 0.801. The molecule has 0 saturated heterocycles. The number of nitrogen functional groups attached to an aromatic ring is 1. The van der Waals surface area contributed by atoms with Crippen molar-refractivity contribution in [2.75, 3.05) is 5.73 Å². The molecule has 0 spiro atoms. The Balaban J connectivity index is 2.15. The number of nitrogens with zero attached hydrogens (tertiary/aromatic N) is 2. The largest absolute Gasteiger partial charge is 0.383 e. The summed E-state index contributed by atoms with van der Waals surface area (Å²) in [6, 6.07) is 3.09. The predicted molar refractivity (Wildman–Crippen MR) is 60.8 cm³/mol. The van der Waals surface area contributed by atoms with Crippen LogP contribution in [0.25, 0.3) is 5.65 Å². The number of hydrogen-bond acceptors (Lipinski definition) is 2. The Kier molecular flexibility index (Phi) is 2.09. The van der Waals surface area contributed by atoms with Crippen molar-refractivity contribution < 1.29 is 4.39 Å². The van der Waals surface area contributed by atoms with E-state index in [9.17, 15) is 4.39 Å². The summed E-state index contributed by atoms with van der Waals surface area (Å²) in [6.45, 7) is 0. The molecular formula is C12H14FN3. The van der Waals surface area contributed by atoms with E-state index in [2.05, 4.69) is 4.98 Å². The van der Waals surface area contributed by atoms with Gasteiger partial charge in [0.25, 0.3) is 0 Å². The minimum Gasteiger partial charge on any atom is -0.383 e. The smallest absolute Gasteiger partial charge is 0.140 e. The first kappa shape index (κ1) is 9.63. The summed E-state index contributed by atoms with van der Waals surface area (Å²) in [4.78, 5) is 4.51. The molecule has 0 radical (unpaired) electrons. The molecule has 2 N–H and O–H groups in total. The number of aromatic nitrogens is 2. The van der Waals surface area contributed by atoms with Crippen molar-refractivity contribution in [3.63, 3.8) is 0 Å². The highest BCUT2D eigenvalue weighted by atomic mass is 19.1. The second-order valence-corrected chi connectivity index (χ2v) is 4.44. The van der Waals surface area contributed by atoms with E-state index in [1.807, 2.05) is 0 Å². The van der Waals surface area contributed by atoms with Gasteiger partial charge in [-0.25, -0.2) is 9.37 Å². The third-order valence-corrected chi connectivity index (χ3v) is 3.39. The number of rotatable bonds is 1. The van der Waals surface area contributed by atoms with Crippen molar-refractivity contribution in [2.24, 2.45) is 0 Å². The lowest BCUT2D eigenvalue weighted by Crippen LogP contribution is -2.00. The van der Waals surface area contributed by atoms with Gasteiger partial charge in [0, 0.05) is 12.1 Å². The Labute approximate surface area is 93.1 Å². The molecule has 0 bridgehead atoms. The van der Waals surface area contributed by atoms with Crippen LogP contribution in [0.2, 0.25) is 0 Å². The maximum Gasteiger partial charge on any atom is 0.140 e. The normalized spacial score (nSPS) is 17.3. The van der Waals surface area contributed by atoms with E-state index in [0.29, 0.717) is 11.7 Å². The average Bonchev–Trinajstić information content (AvgIpc) is 2.87. The Bertz CT molecular complexity index is 526. The molecule has 1 aliphatic carbocycles. The molecule has 0 aromatic carbocycles. The van der Waals surface area contributed by atoms with Crippen molar-refractivity contribution in [3.05, 3.63) is 29.8 Å². The monoisotopic (exact) mass is 219 g/mol. The molecule has 3 rings (SSSR count). The summed E-state index contributed by atoms with van der Waals surface area (Å²) < 4.78 is 14.7. The summed E-state index contributed by atoms with van der Waals surface area (Å²) >= 11 is 0. The predicted octanol–water partition coefficient (Wildman–Crippen LogP) is 2.71. The number of fused-ring (bicyclic) bond motifs is 1. The minimum atomic E-state index is -0.283. The molecule has 0 amide bonds. The molecule has 1 aliphatic rings. The average molecular weight is 219 g/mol. The van der Waals surface area contributed by atoms with Crippen LogP contribution in [-0.4, -0.2) is 9.38 Å². The number of hydrogen-bond donors (Lipinski definition) is 1. The van der Waals surface area contributed by atoms with Crippen LogP contribution in [-0.2, 0) is 0 Å². The van der Waals surface area contributed by atoms with Gasteiger partial charge in [-0.15, -0.1) is 0 Å². The van der Waals surface area contributed by atoms with Gasteiger partial charge in [0.05, 0.1) is 5.69 Å². The SMILES string of the molecule is Nc1c(C2CCCC2)nc2ccc(F)cn12. The summed E-state index contributed by atoms with van der Waals surface area (Å²) in [5, 5.41) is 0. The molecule has 1 fully saturated rings. The molecule has 0 atom stereocenters. The first-order valence-corrected chi connectivity index (χ1v) is 5.68. The van der Waals surface area contributed by atoms with Gasteiger partial charge in [-0.05, 0) is 25.0 Å². The van der Waals surface area contributed by atoms with Crippen molar-refractivity contribution in [1.29, 1.82) is 0 Å². The fourth-order valence-corrected chi connectivity index (χ4v) is 2.55. The van der Waals surface area contributed by atoms with Crippen molar-refractivity contribution in [1.82, 2.24) is 9.38 Å². The summed E-state index contributed by atoms with van der Waals surface area (Å²) in [6.07, 6.45) is 6.18. The standard InChI is InChI=1S/C12H14FN3/c13-9-5-6-10-15-11(8-3-1-2-4-8)12(14)16(10)7-9/h5-8H,1-4,14H2. The highest BCUT2D eigenvalue weighted by molar-refractivity contribution is 5.53. The molecule has 2 aromatic heterocycles. The van der Waals surface area contributed by atoms with E-state index in [1.54, 1.807) is 10.5 Å². The molecule has 16 heavy (non-hydrogen) atoms. The highest BCUT2D eigenvalue weighted by Gasteiger charge is 2.23. The van der Waals surface area contributed by atoms with Crippen LogP contribution in [0, 0.1) is 5.82 Å². The minimum absolute atomic E-state index is 0.283. The van der Waals surface area contributed by atoms with Gasteiger partial charge in [-0.2, -0.15) is 0 Å². The van der Waals surface area contributed by atoms with Gasteiger partial charge in [0.1, 0.15) is 17.3 Å². The van der Waals surface area contributed by atoms with Crippen LogP contribution in [0.4, 0.5) is 10.2 Å².